The third-order valence-corrected chi connectivity index (χ3v) is 3.78. The van der Waals surface area contributed by atoms with Crippen molar-refractivity contribution >= 4 is 17.5 Å². The first-order valence-electron chi connectivity index (χ1n) is 8.25. The van der Waals surface area contributed by atoms with Crippen molar-refractivity contribution in [3.8, 4) is 11.5 Å². The standard InChI is InChI=1S/C19H21N5O2/c1-25-16-8-5-7-15(12-16)22-19-23-18(13-21-24-19)20-11-10-14-6-3-4-9-17(14)26-2/h3-9,12-13H,10-11H2,1-2H3,(H2,20,22,23,24). The van der Waals surface area contributed by atoms with E-state index in [1.807, 2.05) is 42.5 Å². The molecule has 0 radical (unpaired) electrons. The summed E-state index contributed by atoms with van der Waals surface area (Å²) < 4.78 is 10.6. The minimum Gasteiger partial charge on any atom is -0.497 e. The highest BCUT2D eigenvalue weighted by atomic mass is 16.5. The van der Waals surface area contributed by atoms with Crippen molar-refractivity contribution in [3.05, 3.63) is 60.3 Å². The lowest BCUT2D eigenvalue weighted by molar-refractivity contribution is 0.410. The molecule has 0 fully saturated rings. The van der Waals surface area contributed by atoms with Crippen molar-refractivity contribution in [2.45, 2.75) is 6.42 Å². The lowest BCUT2D eigenvalue weighted by atomic mass is 10.1. The molecule has 0 amide bonds. The third kappa shape index (κ3) is 4.60. The van der Waals surface area contributed by atoms with Gasteiger partial charge < -0.3 is 20.1 Å². The predicted octanol–water partition coefficient (Wildman–Crippen LogP) is 3.29. The van der Waals surface area contributed by atoms with Crippen LogP contribution in [0.1, 0.15) is 5.56 Å². The number of nitrogens with zero attached hydrogens (tertiary/aromatic N) is 3. The highest BCUT2D eigenvalue weighted by Gasteiger charge is 2.04. The molecule has 7 nitrogen and oxygen atoms in total. The van der Waals surface area contributed by atoms with Crippen molar-refractivity contribution < 1.29 is 9.47 Å². The number of anilines is 3. The van der Waals surface area contributed by atoms with Crippen LogP contribution in [0.3, 0.4) is 0 Å². The van der Waals surface area contributed by atoms with Gasteiger partial charge in [-0.15, -0.1) is 5.10 Å². The summed E-state index contributed by atoms with van der Waals surface area (Å²) in [4.78, 5) is 4.43. The molecule has 3 aromatic rings. The van der Waals surface area contributed by atoms with E-state index in [0.717, 1.165) is 29.2 Å². The number of aromatic nitrogens is 3. The summed E-state index contributed by atoms with van der Waals surface area (Å²) in [6.45, 7) is 0.706. The van der Waals surface area contributed by atoms with E-state index in [1.54, 1.807) is 20.4 Å². The Hall–Kier alpha value is -3.35. The van der Waals surface area contributed by atoms with Gasteiger partial charge in [0, 0.05) is 18.3 Å². The maximum absolute atomic E-state index is 5.37. The molecule has 3 rings (SSSR count). The van der Waals surface area contributed by atoms with Gasteiger partial charge in [-0.2, -0.15) is 10.1 Å². The van der Waals surface area contributed by atoms with Crippen LogP contribution in [0.25, 0.3) is 0 Å². The van der Waals surface area contributed by atoms with E-state index in [-0.39, 0.29) is 0 Å². The molecule has 2 N–H and O–H groups in total. The molecule has 0 aliphatic rings. The molecular weight excluding hydrogens is 330 g/mol. The molecule has 26 heavy (non-hydrogen) atoms. The SMILES string of the molecule is COc1cccc(Nc2nncc(NCCc3ccccc3OC)n2)c1. The van der Waals surface area contributed by atoms with Gasteiger partial charge in [0.25, 0.3) is 0 Å². The fraction of sp³-hybridized carbons (Fsp3) is 0.211. The highest BCUT2D eigenvalue weighted by Crippen LogP contribution is 2.20. The van der Waals surface area contributed by atoms with E-state index in [9.17, 15) is 0 Å². The molecular formula is C19H21N5O2. The Morgan fingerprint density at radius 2 is 1.88 bits per heavy atom. The normalized spacial score (nSPS) is 10.2. The molecule has 2 aromatic carbocycles. The zero-order valence-corrected chi connectivity index (χ0v) is 14.8. The first kappa shape index (κ1) is 17.5. The summed E-state index contributed by atoms with van der Waals surface area (Å²) in [5, 5.41) is 14.4. The quantitative estimate of drug-likeness (QED) is 0.644. The number of hydrogen-bond acceptors (Lipinski definition) is 7. The maximum atomic E-state index is 5.37. The van der Waals surface area contributed by atoms with Crippen molar-refractivity contribution in [2.24, 2.45) is 0 Å². The van der Waals surface area contributed by atoms with Gasteiger partial charge in [-0.1, -0.05) is 24.3 Å². The van der Waals surface area contributed by atoms with Crippen LogP contribution < -0.4 is 20.1 Å². The summed E-state index contributed by atoms with van der Waals surface area (Å²) >= 11 is 0. The molecule has 1 aromatic heterocycles. The van der Waals surface area contributed by atoms with Crippen LogP contribution in [0.15, 0.2) is 54.7 Å². The third-order valence-electron chi connectivity index (χ3n) is 3.78. The smallest absolute Gasteiger partial charge is 0.249 e. The average Bonchev–Trinajstić information content (AvgIpc) is 2.69. The Labute approximate surface area is 152 Å². The molecule has 134 valence electrons. The Bertz CT molecular complexity index is 857. The van der Waals surface area contributed by atoms with Crippen molar-refractivity contribution in [3.63, 3.8) is 0 Å². The van der Waals surface area contributed by atoms with Crippen LogP contribution in [0.4, 0.5) is 17.5 Å². The van der Waals surface area contributed by atoms with Crippen molar-refractivity contribution in [2.75, 3.05) is 31.4 Å². The van der Waals surface area contributed by atoms with E-state index in [2.05, 4.69) is 31.9 Å². The van der Waals surface area contributed by atoms with Crippen LogP contribution in [-0.4, -0.2) is 35.9 Å². The van der Waals surface area contributed by atoms with E-state index in [1.165, 1.54) is 0 Å². The van der Waals surface area contributed by atoms with Gasteiger partial charge >= 0.3 is 0 Å². The van der Waals surface area contributed by atoms with Crippen LogP contribution in [0, 0.1) is 0 Å². The second kappa shape index (κ2) is 8.66. The lowest BCUT2D eigenvalue weighted by Crippen LogP contribution is -2.09. The number of hydrogen-bond donors (Lipinski definition) is 2. The molecule has 0 saturated heterocycles. The van der Waals surface area contributed by atoms with Gasteiger partial charge in [0.2, 0.25) is 5.95 Å². The summed E-state index contributed by atoms with van der Waals surface area (Å²) in [5.74, 6) is 2.71. The van der Waals surface area contributed by atoms with Crippen LogP contribution in [-0.2, 0) is 6.42 Å². The minimum atomic E-state index is 0.417. The molecule has 1 heterocycles. The van der Waals surface area contributed by atoms with Gasteiger partial charge in [-0.25, -0.2) is 0 Å². The number of benzene rings is 2. The average molecular weight is 351 g/mol. The summed E-state index contributed by atoms with van der Waals surface area (Å²) in [7, 11) is 3.31. The summed E-state index contributed by atoms with van der Waals surface area (Å²) in [6.07, 6.45) is 2.41. The number of nitrogens with one attached hydrogen (secondary N) is 2. The van der Waals surface area contributed by atoms with Gasteiger partial charge in [0.15, 0.2) is 5.82 Å². The number of methoxy groups -OCH3 is 2. The molecule has 0 spiro atoms. The number of ether oxygens (including phenoxy) is 2. The molecule has 0 aliphatic heterocycles. The highest BCUT2D eigenvalue weighted by molar-refractivity contribution is 5.56. The Morgan fingerprint density at radius 3 is 2.73 bits per heavy atom. The van der Waals surface area contributed by atoms with Gasteiger partial charge in [0.1, 0.15) is 11.5 Å². The monoisotopic (exact) mass is 351 g/mol. The molecule has 7 heteroatoms. The first-order valence-corrected chi connectivity index (χ1v) is 8.25. The topological polar surface area (TPSA) is 81.2 Å². The summed E-state index contributed by atoms with van der Waals surface area (Å²) in [6, 6.07) is 15.5. The minimum absolute atomic E-state index is 0.417. The van der Waals surface area contributed by atoms with Crippen LogP contribution >= 0.6 is 0 Å². The van der Waals surface area contributed by atoms with Crippen LogP contribution in [0.2, 0.25) is 0 Å². The Kier molecular flexibility index (Phi) is 5.82. The number of rotatable bonds is 8. The predicted molar refractivity (Wildman–Crippen MR) is 101 cm³/mol. The maximum Gasteiger partial charge on any atom is 0.249 e. The molecule has 0 unspecified atom stereocenters. The molecule has 0 bridgehead atoms. The molecule has 0 aliphatic carbocycles. The first-order chi connectivity index (χ1) is 12.8. The molecule has 0 atom stereocenters. The second-order valence-corrected chi connectivity index (χ2v) is 5.51. The Morgan fingerprint density at radius 1 is 1.00 bits per heavy atom. The Balaban J connectivity index is 1.60. The van der Waals surface area contributed by atoms with Crippen LogP contribution in [0.5, 0.6) is 11.5 Å². The fourth-order valence-corrected chi connectivity index (χ4v) is 2.51. The van der Waals surface area contributed by atoms with Gasteiger partial charge in [-0.3, -0.25) is 0 Å². The zero-order chi connectivity index (χ0) is 18.2. The summed E-state index contributed by atoms with van der Waals surface area (Å²) in [5.41, 5.74) is 1.97. The van der Waals surface area contributed by atoms with Gasteiger partial charge in [0.05, 0.1) is 20.4 Å². The zero-order valence-electron chi connectivity index (χ0n) is 14.8. The van der Waals surface area contributed by atoms with E-state index in [4.69, 9.17) is 9.47 Å². The van der Waals surface area contributed by atoms with E-state index in [0.29, 0.717) is 18.3 Å². The largest absolute Gasteiger partial charge is 0.497 e. The van der Waals surface area contributed by atoms with E-state index < -0.39 is 0 Å². The second-order valence-electron chi connectivity index (χ2n) is 5.51. The van der Waals surface area contributed by atoms with E-state index >= 15 is 0 Å². The van der Waals surface area contributed by atoms with Gasteiger partial charge in [-0.05, 0) is 30.2 Å². The van der Waals surface area contributed by atoms with Crippen molar-refractivity contribution in [1.29, 1.82) is 0 Å². The lowest BCUT2D eigenvalue weighted by Gasteiger charge is -2.10. The fourth-order valence-electron chi connectivity index (χ4n) is 2.51. The molecule has 0 saturated carbocycles. The van der Waals surface area contributed by atoms with Crippen molar-refractivity contribution in [1.82, 2.24) is 15.2 Å². The number of para-hydroxylation sites is 1.